The first-order valence-electron chi connectivity index (χ1n) is 11.6. The van der Waals surface area contributed by atoms with Crippen molar-refractivity contribution in [3.63, 3.8) is 0 Å². The van der Waals surface area contributed by atoms with Gasteiger partial charge in [-0.2, -0.15) is 0 Å². The van der Waals surface area contributed by atoms with Gasteiger partial charge in [-0.1, -0.05) is 11.2 Å². The number of aromatic amines is 2. The van der Waals surface area contributed by atoms with Gasteiger partial charge in [0.2, 0.25) is 5.91 Å². The number of aromatic nitrogens is 5. The number of imidazole rings is 1. The molecule has 1 unspecified atom stereocenters. The van der Waals surface area contributed by atoms with Gasteiger partial charge in [-0.3, -0.25) is 19.3 Å². The van der Waals surface area contributed by atoms with E-state index in [0.29, 0.717) is 35.3 Å². The van der Waals surface area contributed by atoms with Gasteiger partial charge in [0.05, 0.1) is 17.1 Å². The summed E-state index contributed by atoms with van der Waals surface area (Å²) < 4.78 is 10.9. The number of amides is 1. The summed E-state index contributed by atoms with van der Waals surface area (Å²) in [6.45, 7) is 2.31. The van der Waals surface area contributed by atoms with E-state index in [4.69, 9.17) is 9.72 Å². The average molecular weight is 483 g/mol. The Kier molecular flexibility index (Phi) is 5.33. The molecule has 2 N–H and O–H groups in total. The third-order valence-corrected chi connectivity index (χ3v) is 6.33. The van der Waals surface area contributed by atoms with Gasteiger partial charge in [0.15, 0.2) is 11.6 Å². The van der Waals surface area contributed by atoms with Crippen LogP contribution < -0.4 is 10.5 Å². The first kappa shape index (κ1) is 21.8. The summed E-state index contributed by atoms with van der Waals surface area (Å²) in [6.07, 6.45) is 3.50. The molecule has 0 bridgehead atoms. The van der Waals surface area contributed by atoms with Crippen molar-refractivity contribution in [2.24, 2.45) is 0 Å². The molecule has 5 aromatic rings. The molecule has 1 aliphatic heterocycles. The molecule has 10 heteroatoms. The topological polar surface area (TPSA) is 130 Å². The van der Waals surface area contributed by atoms with Crippen LogP contribution in [0.15, 0.2) is 70.1 Å². The van der Waals surface area contributed by atoms with Gasteiger partial charge in [0, 0.05) is 36.9 Å². The molecular weight excluding hydrogens is 460 g/mol. The Balaban J connectivity index is 1.40. The number of benzene rings is 2. The Hall–Kier alpha value is -4.73. The lowest BCUT2D eigenvalue weighted by molar-refractivity contribution is -0.129. The molecule has 0 spiro atoms. The van der Waals surface area contributed by atoms with Crippen LogP contribution in [0.4, 0.5) is 0 Å². The number of fused-ring (bicyclic) bond motifs is 1. The summed E-state index contributed by atoms with van der Waals surface area (Å²) in [6, 6.07) is 16.6. The van der Waals surface area contributed by atoms with Crippen LogP contribution in [0.2, 0.25) is 0 Å². The Morgan fingerprint density at radius 1 is 1.11 bits per heavy atom. The Labute approximate surface area is 204 Å². The second kappa shape index (κ2) is 8.81. The number of ether oxygens (including phenoxy) is 1. The Bertz CT molecular complexity index is 1600. The predicted molar refractivity (Wildman–Crippen MR) is 131 cm³/mol. The van der Waals surface area contributed by atoms with Crippen LogP contribution in [0, 0.1) is 0 Å². The molecule has 1 aliphatic rings. The molecule has 1 fully saturated rings. The van der Waals surface area contributed by atoms with Crippen LogP contribution in [0.3, 0.4) is 0 Å². The number of nitrogens with zero attached hydrogens (tertiary/aromatic N) is 4. The first-order chi connectivity index (χ1) is 17.5. The smallest absolute Gasteiger partial charge is 0.439 e. The normalized spacial score (nSPS) is 15.5. The lowest BCUT2D eigenvalue weighted by Crippen LogP contribution is -2.28. The van der Waals surface area contributed by atoms with Crippen LogP contribution in [0.5, 0.6) is 11.5 Å². The van der Waals surface area contributed by atoms with Crippen LogP contribution in [-0.2, 0) is 4.79 Å². The van der Waals surface area contributed by atoms with Crippen LogP contribution >= 0.6 is 0 Å². The van der Waals surface area contributed by atoms with Gasteiger partial charge in [-0.15, -0.1) is 0 Å². The monoisotopic (exact) mass is 482 g/mol. The van der Waals surface area contributed by atoms with Crippen LogP contribution in [0.25, 0.3) is 33.9 Å². The van der Waals surface area contributed by atoms with Crippen molar-refractivity contribution in [1.82, 2.24) is 30.0 Å². The molecule has 4 heterocycles. The number of hydrogen-bond acceptors (Lipinski definition) is 7. The summed E-state index contributed by atoms with van der Waals surface area (Å²) in [5, 5.41) is 3.71. The molecule has 0 saturated carbocycles. The molecule has 1 saturated heterocycles. The van der Waals surface area contributed by atoms with E-state index in [1.54, 1.807) is 37.4 Å². The fourth-order valence-electron chi connectivity index (χ4n) is 4.66. The highest BCUT2D eigenvalue weighted by atomic mass is 16.5. The fourth-order valence-corrected chi connectivity index (χ4v) is 4.66. The van der Waals surface area contributed by atoms with Gasteiger partial charge in [0.25, 0.3) is 0 Å². The zero-order valence-electron chi connectivity index (χ0n) is 19.4. The summed E-state index contributed by atoms with van der Waals surface area (Å²) in [5.74, 6) is 1.65. The quantitative estimate of drug-likeness (QED) is 0.379. The van der Waals surface area contributed by atoms with Gasteiger partial charge >= 0.3 is 5.76 Å². The Morgan fingerprint density at radius 2 is 1.97 bits per heavy atom. The highest BCUT2D eigenvalue weighted by Gasteiger charge is 2.31. The Morgan fingerprint density at radius 3 is 2.69 bits per heavy atom. The summed E-state index contributed by atoms with van der Waals surface area (Å²) in [4.78, 5) is 40.5. The third kappa shape index (κ3) is 4.02. The van der Waals surface area contributed by atoms with Crippen molar-refractivity contribution < 1.29 is 14.1 Å². The van der Waals surface area contributed by atoms with E-state index in [-0.39, 0.29) is 11.9 Å². The highest BCUT2D eigenvalue weighted by molar-refractivity contribution is 5.82. The minimum Gasteiger partial charge on any atom is -0.457 e. The van der Waals surface area contributed by atoms with E-state index in [1.807, 2.05) is 35.2 Å². The highest BCUT2D eigenvalue weighted by Crippen LogP contribution is 2.41. The van der Waals surface area contributed by atoms with Gasteiger partial charge in [-0.05, 0) is 55.3 Å². The van der Waals surface area contributed by atoms with Crippen LogP contribution in [0.1, 0.15) is 31.4 Å². The number of hydrogen-bond donors (Lipinski definition) is 2. The third-order valence-electron chi connectivity index (χ3n) is 6.33. The van der Waals surface area contributed by atoms with Crippen molar-refractivity contribution in [3.8, 4) is 34.4 Å². The zero-order chi connectivity index (χ0) is 24.6. The summed E-state index contributed by atoms with van der Waals surface area (Å²) in [5.41, 5.74) is 3.92. The molecule has 180 valence electrons. The number of carbonyl (C=O) groups excluding carboxylic acids is 1. The molecule has 36 heavy (non-hydrogen) atoms. The van der Waals surface area contributed by atoms with E-state index in [0.717, 1.165) is 35.1 Å². The molecule has 10 nitrogen and oxygen atoms in total. The van der Waals surface area contributed by atoms with Crippen molar-refractivity contribution >= 4 is 16.9 Å². The SMILES string of the molecule is CC(=O)N1CCCC1c1cc2[nH]c(-c3ccccn3)nc2cc1Oc1ccc(-c2noc(=O)[nH]2)cc1. The summed E-state index contributed by atoms with van der Waals surface area (Å²) >= 11 is 0. The van der Waals surface area contributed by atoms with E-state index in [9.17, 15) is 9.59 Å². The maximum atomic E-state index is 12.3. The van der Waals surface area contributed by atoms with E-state index >= 15 is 0 Å². The molecule has 1 atom stereocenters. The number of rotatable bonds is 5. The molecule has 6 rings (SSSR count). The van der Waals surface area contributed by atoms with E-state index in [1.165, 1.54) is 0 Å². The van der Waals surface area contributed by atoms with E-state index < -0.39 is 5.76 Å². The average Bonchev–Trinajstić information content (AvgIpc) is 3.64. The first-order valence-corrected chi connectivity index (χ1v) is 11.6. The largest absolute Gasteiger partial charge is 0.457 e. The lowest BCUT2D eigenvalue weighted by atomic mass is 10.0. The van der Waals surface area contributed by atoms with Crippen molar-refractivity contribution in [3.05, 3.63) is 76.9 Å². The van der Waals surface area contributed by atoms with Gasteiger partial charge < -0.3 is 14.6 Å². The minimum absolute atomic E-state index is 0.0355. The van der Waals surface area contributed by atoms with E-state index in [2.05, 4.69) is 24.6 Å². The number of pyridine rings is 1. The standard InChI is InChI=1S/C26H22N6O4/c1-15(33)32-12-4-6-22(32)18-13-20-21(29-25(28-20)19-5-2-3-11-27-19)14-23(18)35-17-9-7-16(8-10-17)24-30-26(34)36-31-24/h2-3,5,7-11,13-14,22H,4,6,12H2,1H3,(H,28,29)(H,30,31,34). The predicted octanol–water partition coefficient (Wildman–Crippen LogP) is 4.44. The second-order valence-corrected chi connectivity index (χ2v) is 8.65. The maximum absolute atomic E-state index is 12.3. The van der Waals surface area contributed by atoms with Gasteiger partial charge in [-0.25, -0.2) is 9.78 Å². The number of H-pyrrole nitrogens is 2. The molecule has 1 amide bonds. The molecule has 3 aromatic heterocycles. The lowest BCUT2D eigenvalue weighted by Gasteiger charge is -2.25. The van der Waals surface area contributed by atoms with Crippen molar-refractivity contribution in [1.29, 1.82) is 0 Å². The molecular formula is C26H22N6O4. The number of likely N-dealkylation sites (tertiary alicyclic amines) is 1. The van der Waals surface area contributed by atoms with Gasteiger partial charge in [0.1, 0.15) is 17.2 Å². The molecule has 2 aromatic carbocycles. The second-order valence-electron chi connectivity index (χ2n) is 8.65. The van der Waals surface area contributed by atoms with Crippen LogP contribution in [-0.4, -0.2) is 42.4 Å². The molecule has 0 aliphatic carbocycles. The van der Waals surface area contributed by atoms with Crippen molar-refractivity contribution in [2.45, 2.75) is 25.8 Å². The summed E-state index contributed by atoms with van der Waals surface area (Å²) in [7, 11) is 0. The fraction of sp³-hybridized carbons (Fsp3) is 0.192. The maximum Gasteiger partial charge on any atom is 0.439 e. The van der Waals surface area contributed by atoms with Crippen molar-refractivity contribution in [2.75, 3.05) is 6.54 Å². The zero-order valence-corrected chi connectivity index (χ0v) is 19.4. The minimum atomic E-state index is -0.612. The molecule has 0 radical (unpaired) electrons. The number of nitrogens with one attached hydrogen (secondary N) is 2. The number of carbonyl (C=O) groups is 1.